The van der Waals surface area contributed by atoms with E-state index in [0.29, 0.717) is 17.4 Å². The van der Waals surface area contributed by atoms with E-state index in [1.165, 1.54) is 25.7 Å². The summed E-state index contributed by atoms with van der Waals surface area (Å²) in [4.78, 5) is 0. The molecule has 1 aliphatic rings. The van der Waals surface area contributed by atoms with Crippen LogP contribution in [0.1, 0.15) is 67.2 Å². The number of alkyl halides is 1. The largest absolute Gasteiger partial charge is 0.371 e. The van der Waals surface area contributed by atoms with Gasteiger partial charge in [-0.2, -0.15) is 0 Å². The van der Waals surface area contributed by atoms with Gasteiger partial charge in [0.1, 0.15) is 0 Å². The highest BCUT2D eigenvalue weighted by Gasteiger charge is 2.40. The molecular weight excluding hydrogens is 288 g/mol. The van der Waals surface area contributed by atoms with Crippen molar-refractivity contribution >= 4 is 15.9 Å². The van der Waals surface area contributed by atoms with E-state index in [-0.39, 0.29) is 5.60 Å². The Hall–Kier alpha value is 0.440. The van der Waals surface area contributed by atoms with E-state index in [1.54, 1.807) is 0 Å². The van der Waals surface area contributed by atoms with E-state index < -0.39 is 0 Å². The van der Waals surface area contributed by atoms with Gasteiger partial charge in [0.15, 0.2) is 0 Å². The summed E-state index contributed by atoms with van der Waals surface area (Å²) in [5.41, 5.74) is 0.535. The summed E-state index contributed by atoms with van der Waals surface area (Å²) in [6.07, 6.45) is 5.38. The van der Waals surface area contributed by atoms with Crippen molar-refractivity contribution in [2.45, 2.75) is 78.9 Å². The molecule has 1 aliphatic carbocycles. The van der Waals surface area contributed by atoms with Crippen LogP contribution in [0.4, 0.5) is 0 Å². The minimum Gasteiger partial charge on any atom is -0.371 e. The molecule has 1 nitrogen and oxygen atoms in total. The highest BCUT2D eigenvalue weighted by molar-refractivity contribution is 9.09. The van der Waals surface area contributed by atoms with Gasteiger partial charge in [0.25, 0.3) is 0 Å². The molecule has 0 aromatic rings. The number of rotatable bonds is 4. The number of halogens is 1. The fraction of sp³-hybridized carbons (Fsp3) is 1.00. The minimum absolute atomic E-state index is 0.0887. The average Bonchev–Trinajstić information content (AvgIpc) is 2.28. The Balaban J connectivity index is 2.60. The second kappa shape index (κ2) is 6.26. The third-order valence-electron chi connectivity index (χ3n) is 4.74. The van der Waals surface area contributed by atoms with Gasteiger partial charge in [-0.3, -0.25) is 0 Å². The van der Waals surface area contributed by atoms with E-state index in [0.717, 1.165) is 11.2 Å². The van der Waals surface area contributed by atoms with E-state index in [9.17, 15) is 0 Å². The molecule has 2 heteroatoms. The van der Waals surface area contributed by atoms with Crippen LogP contribution in [-0.4, -0.2) is 17.0 Å². The maximum Gasteiger partial charge on any atom is 0.0782 e. The molecule has 0 bridgehead atoms. The Labute approximate surface area is 122 Å². The van der Waals surface area contributed by atoms with E-state index in [2.05, 4.69) is 57.5 Å². The molecule has 0 N–H and O–H groups in total. The molecule has 1 rings (SSSR count). The summed E-state index contributed by atoms with van der Waals surface area (Å²) < 4.78 is 6.40. The molecule has 0 aromatic heterocycles. The Bertz CT molecular complexity index is 246. The van der Waals surface area contributed by atoms with Gasteiger partial charge in [0, 0.05) is 5.33 Å². The first-order valence-electron chi connectivity index (χ1n) is 7.44. The SMILES string of the molecule is CC(C)C(C)OC1(CBr)CCC(C(C)(C)C)CC1. The molecule has 18 heavy (non-hydrogen) atoms. The highest BCUT2D eigenvalue weighted by atomic mass is 79.9. The summed E-state index contributed by atoms with van der Waals surface area (Å²) in [5, 5.41) is 0.980. The Morgan fingerprint density at radius 3 is 2.00 bits per heavy atom. The Kier molecular flexibility index (Phi) is 5.74. The van der Waals surface area contributed by atoms with Gasteiger partial charge in [0.05, 0.1) is 11.7 Å². The zero-order valence-corrected chi connectivity index (χ0v) is 14.6. The summed E-state index contributed by atoms with van der Waals surface area (Å²) >= 11 is 3.69. The fourth-order valence-corrected chi connectivity index (χ4v) is 3.52. The molecule has 108 valence electrons. The van der Waals surface area contributed by atoms with E-state index in [4.69, 9.17) is 4.74 Å². The molecule has 1 saturated carbocycles. The van der Waals surface area contributed by atoms with Crippen LogP contribution in [0.2, 0.25) is 0 Å². The van der Waals surface area contributed by atoms with Crippen LogP contribution < -0.4 is 0 Å². The topological polar surface area (TPSA) is 9.23 Å². The second-order valence-electron chi connectivity index (χ2n) is 7.52. The Morgan fingerprint density at radius 1 is 1.17 bits per heavy atom. The van der Waals surface area contributed by atoms with E-state index in [1.807, 2.05) is 0 Å². The van der Waals surface area contributed by atoms with Crippen molar-refractivity contribution in [3.05, 3.63) is 0 Å². The maximum atomic E-state index is 6.40. The van der Waals surface area contributed by atoms with Crippen LogP contribution >= 0.6 is 15.9 Å². The standard InChI is InChI=1S/C16H31BrO/c1-12(2)13(3)18-16(11-17)9-7-14(8-10-16)15(4,5)6/h12-14H,7-11H2,1-6H3. The maximum absolute atomic E-state index is 6.40. The van der Waals surface area contributed by atoms with Crippen molar-refractivity contribution in [2.75, 3.05) is 5.33 Å². The molecule has 1 atom stereocenters. The highest BCUT2D eigenvalue weighted by Crippen LogP contribution is 2.44. The van der Waals surface area contributed by atoms with Gasteiger partial charge in [-0.05, 0) is 49.9 Å². The molecule has 0 saturated heterocycles. The van der Waals surface area contributed by atoms with Gasteiger partial charge in [0.2, 0.25) is 0 Å². The lowest BCUT2D eigenvalue weighted by molar-refractivity contribution is -0.117. The molecule has 0 aromatic carbocycles. The lowest BCUT2D eigenvalue weighted by Crippen LogP contribution is -2.44. The van der Waals surface area contributed by atoms with Gasteiger partial charge < -0.3 is 4.74 Å². The van der Waals surface area contributed by atoms with Crippen molar-refractivity contribution in [3.8, 4) is 0 Å². The first kappa shape index (κ1) is 16.5. The van der Waals surface area contributed by atoms with Crippen molar-refractivity contribution in [3.63, 3.8) is 0 Å². The van der Waals surface area contributed by atoms with Crippen LogP contribution in [0.3, 0.4) is 0 Å². The van der Waals surface area contributed by atoms with Crippen molar-refractivity contribution in [1.29, 1.82) is 0 Å². The molecule has 0 aliphatic heterocycles. The monoisotopic (exact) mass is 318 g/mol. The van der Waals surface area contributed by atoms with E-state index >= 15 is 0 Å². The van der Waals surface area contributed by atoms with Gasteiger partial charge in [-0.25, -0.2) is 0 Å². The number of hydrogen-bond acceptors (Lipinski definition) is 1. The Morgan fingerprint density at radius 2 is 1.67 bits per heavy atom. The molecule has 0 spiro atoms. The van der Waals surface area contributed by atoms with Crippen LogP contribution in [0.5, 0.6) is 0 Å². The molecule has 1 fully saturated rings. The van der Waals surface area contributed by atoms with Crippen molar-refractivity contribution < 1.29 is 4.74 Å². The van der Waals surface area contributed by atoms with Crippen LogP contribution in [0, 0.1) is 17.3 Å². The van der Waals surface area contributed by atoms with Gasteiger partial charge in [-0.1, -0.05) is 50.5 Å². The number of hydrogen-bond donors (Lipinski definition) is 0. The van der Waals surface area contributed by atoms with Crippen LogP contribution in [0.15, 0.2) is 0 Å². The minimum atomic E-state index is 0.0887. The smallest absolute Gasteiger partial charge is 0.0782 e. The normalized spacial score (nSPS) is 31.7. The molecule has 0 heterocycles. The quantitative estimate of drug-likeness (QED) is 0.629. The van der Waals surface area contributed by atoms with Crippen LogP contribution in [-0.2, 0) is 4.74 Å². The predicted molar refractivity (Wildman–Crippen MR) is 83.3 cm³/mol. The summed E-state index contributed by atoms with van der Waals surface area (Å²) in [5.74, 6) is 1.45. The number of ether oxygens (including phenoxy) is 1. The fourth-order valence-electron chi connectivity index (χ4n) is 2.82. The third kappa shape index (κ3) is 4.23. The lowest BCUT2D eigenvalue weighted by Gasteiger charge is -2.44. The first-order chi connectivity index (χ1) is 8.20. The molecule has 0 amide bonds. The second-order valence-corrected chi connectivity index (χ2v) is 8.08. The lowest BCUT2D eigenvalue weighted by atomic mass is 9.68. The van der Waals surface area contributed by atoms with Gasteiger partial charge >= 0.3 is 0 Å². The predicted octanol–water partition coefficient (Wildman–Crippen LogP) is 5.42. The average molecular weight is 319 g/mol. The van der Waals surface area contributed by atoms with Gasteiger partial charge in [-0.15, -0.1) is 0 Å². The van der Waals surface area contributed by atoms with Crippen molar-refractivity contribution in [1.82, 2.24) is 0 Å². The van der Waals surface area contributed by atoms with Crippen molar-refractivity contribution in [2.24, 2.45) is 17.3 Å². The molecular formula is C16H31BrO. The molecule has 0 radical (unpaired) electrons. The van der Waals surface area contributed by atoms with Crippen LogP contribution in [0.25, 0.3) is 0 Å². The third-order valence-corrected chi connectivity index (χ3v) is 5.76. The zero-order valence-electron chi connectivity index (χ0n) is 13.1. The summed E-state index contributed by atoms with van der Waals surface area (Å²) in [6, 6.07) is 0. The molecule has 1 unspecified atom stereocenters. The first-order valence-corrected chi connectivity index (χ1v) is 8.56. The zero-order chi connectivity index (χ0) is 14.0. The summed E-state index contributed by atoms with van der Waals surface area (Å²) in [6.45, 7) is 13.8. The summed E-state index contributed by atoms with van der Waals surface area (Å²) in [7, 11) is 0.